The first-order chi connectivity index (χ1) is 11.9. The Labute approximate surface area is 146 Å². The van der Waals surface area contributed by atoms with Crippen molar-refractivity contribution in [1.29, 1.82) is 0 Å². The van der Waals surface area contributed by atoms with Gasteiger partial charge >= 0.3 is 6.18 Å². The van der Waals surface area contributed by atoms with Crippen LogP contribution in [0.3, 0.4) is 0 Å². The molecule has 3 heterocycles. The van der Waals surface area contributed by atoms with E-state index in [9.17, 15) is 18.0 Å². The summed E-state index contributed by atoms with van der Waals surface area (Å²) in [7, 11) is 0. The van der Waals surface area contributed by atoms with E-state index in [0.717, 1.165) is 43.7 Å². The van der Waals surface area contributed by atoms with Crippen LogP contribution in [0.15, 0.2) is 23.7 Å². The molecule has 1 aliphatic rings. The molecule has 2 aromatic rings. The molecule has 3 rings (SSSR count). The Balaban J connectivity index is 1.59. The number of hydrogen-bond acceptors (Lipinski definition) is 5. The molecule has 9 heteroatoms. The third kappa shape index (κ3) is 4.76. The van der Waals surface area contributed by atoms with Crippen molar-refractivity contribution in [2.24, 2.45) is 0 Å². The van der Waals surface area contributed by atoms with Gasteiger partial charge < -0.3 is 0 Å². The lowest BCUT2D eigenvalue weighted by Crippen LogP contribution is -2.29. The second-order valence-corrected chi connectivity index (χ2v) is 6.72. The van der Waals surface area contributed by atoms with E-state index in [4.69, 9.17) is 0 Å². The number of nitrogens with zero attached hydrogens (tertiary/aromatic N) is 3. The van der Waals surface area contributed by atoms with E-state index < -0.39 is 17.8 Å². The van der Waals surface area contributed by atoms with Gasteiger partial charge in [-0.1, -0.05) is 6.42 Å². The highest BCUT2D eigenvalue weighted by Gasteiger charge is 2.32. The van der Waals surface area contributed by atoms with E-state index in [2.05, 4.69) is 20.2 Å². The second-order valence-electron chi connectivity index (χ2n) is 5.86. The van der Waals surface area contributed by atoms with Crippen molar-refractivity contribution in [2.45, 2.75) is 32.0 Å². The van der Waals surface area contributed by atoms with Crippen LogP contribution in [-0.4, -0.2) is 33.9 Å². The van der Waals surface area contributed by atoms with Crippen LogP contribution in [0, 0.1) is 0 Å². The van der Waals surface area contributed by atoms with E-state index in [1.807, 2.05) is 5.38 Å². The molecule has 0 radical (unpaired) electrons. The lowest BCUT2D eigenvalue weighted by molar-refractivity contribution is -0.141. The van der Waals surface area contributed by atoms with Crippen LogP contribution in [-0.2, 0) is 12.7 Å². The molecule has 0 bridgehead atoms. The second kappa shape index (κ2) is 7.49. The molecule has 0 saturated carbocycles. The number of aromatic nitrogens is 2. The summed E-state index contributed by atoms with van der Waals surface area (Å²) < 4.78 is 37.5. The number of pyridine rings is 1. The number of thiazole rings is 1. The number of carbonyl (C=O) groups is 1. The fourth-order valence-corrected chi connectivity index (χ4v) is 3.35. The van der Waals surface area contributed by atoms with Gasteiger partial charge in [-0.2, -0.15) is 13.2 Å². The van der Waals surface area contributed by atoms with Gasteiger partial charge in [0.2, 0.25) is 0 Å². The number of piperidine rings is 1. The lowest BCUT2D eigenvalue weighted by atomic mass is 10.1. The van der Waals surface area contributed by atoms with Crippen molar-refractivity contribution < 1.29 is 18.0 Å². The highest BCUT2D eigenvalue weighted by molar-refractivity contribution is 7.13. The van der Waals surface area contributed by atoms with Crippen molar-refractivity contribution in [1.82, 2.24) is 14.9 Å². The molecule has 134 valence electrons. The maximum atomic E-state index is 12.5. The smallest absolute Gasteiger partial charge is 0.298 e. The molecule has 1 amide bonds. The monoisotopic (exact) mass is 370 g/mol. The molecule has 0 atom stereocenters. The summed E-state index contributed by atoms with van der Waals surface area (Å²) >= 11 is 1.30. The highest BCUT2D eigenvalue weighted by Crippen LogP contribution is 2.27. The van der Waals surface area contributed by atoms with Gasteiger partial charge in [0.15, 0.2) is 5.13 Å². The number of likely N-dealkylation sites (tertiary alicyclic amines) is 1. The Morgan fingerprint density at radius 1 is 1.24 bits per heavy atom. The molecule has 1 saturated heterocycles. The maximum Gasteiger partial charge on any atom is 0.433 e. The van der Waals surface area contributed by atoms with Crippen LogP contribution in [0.25, 0.3) is 0 Å². The van der Waals surface area contributed by atoms with Gasteiger partial charge in [-0.25, -0.2) is 4.98 Å². The molecule has 1 fully saturated rings. The number of nitrogens with one attached hydrogen (secondary N) is 1. The summed E-state index contributed by atoms with van der Waals surface area (Å²) in [5.41, 5.74) is -0.0874. The average Bonchev–Trinajstić information content (AvgIpc) is 3.02. The fraction of sp³-hybridized carbons (Fsp3) is 0.438. The van der Waals surface area contributed by atoms with Gasteiger partial charge in [0.1, 0.15) is 5.69 Å². The highest BCUT2D eigenvalue weighted by atomic mass is 32.1. The van der Waals surface area contributed by atoms with Gasteiger partial charge in [-0.15, -0.1) is 11.3 Å². The van der Waals surface area contributed by atoms with E-state index in [0.29, 0.717) is 5.13 Å². The molecule has 25 heavy (non-hydrogen) atoms. The van der Waals surface area contributed by atoms with Crippen molar-refractivity contribution >= 4 is 22.4 Å². The number of hydrogen-bond donors (Lipinski definition) is 1. The Morgan fingerprint density at radius 2 is 2.00 bits per heavy atom. The number of halogens is 3. The number of amides is 1. The molecule has 5 nitrogen and oxygen atoms in total. The molecule has 0 aromatic carbocycles. The minimum Gasteiger partial charge on any atom is -0.298 e. The SMILES string of the molecule is O=C(Nc1nc(CN2CCCCC2)cs1)c1ccc(C(F)(F)F)nc1. The molecule has 0 aliphatic carbocycles. The quantitative estimate of drug-likeness (QED) is 0.890. The summed E-state index contributed by atoms with van der Waals surface area (Å²) in [6.07, 6.45) is 0.0351. The Bertz CT molecular complexity index is 724. The number of anilines is 1. The van der Waals surface area contributed by atoms with E-state index in [-0.39, 0.29) is 5.56 Å². The van der Waals surface area contributed by atoms with E-state index >= 15 is 0 Å². The predicted octanol–water partition coefficient (Wildman–Crippen LogP) is 3.80. The van der Waals surface area contributed by atoms with E-state index in [1.54, 1.807) is 0 Å². The third-order valence-corrected chi connectivity index (χ3v) is 4.73. The zero-order valence-electron chi connectivity index (χ0n) is 13.3. The van der Waals surface area contributed by atoms with Gasteiger partial charge in [0, 0.05) is 18.1 Å². The normalized spacial score (nSPS) is 16.0. The summed E-state index contributed by atoms with van der Waals surface area (Å²) in [5, 5.41) is 4.91. The number of carbonyl (C=O) groups excluding carboxylic acids is 1. The minimum absolute atomic E-state index is 0.0563. The molecule has 1 N–H and O–H groups in total. The van der Waals surface area contributed by atoms with Crippen LogP contribution in [0.1, 0.15) is 41.0 Å². The zero-order chi connectivity index (χ0) is 17.9. The first kappa shape index (κ1) is 17.8. The summed E-state index contributed by atoms with van der Waals surface area (Å²) in [4.78, 5) is 22.1. The maximum absolute atomic E-state index is 12.5. The number of alkyl halides is 3. The largest absolute Gasteiger partial charge is 0.433 e. The molecule has 1 aliphatic heterocycles. The van der Waals surface area contributed by atoms with Gasteiger partial charge in [-0.05, 0) is 38.1 Å². The third-order valence-electron chi connectivity index (χ3n) is 3.92. The molecular weight excluding hydrogens is 353 g/mol. The average molecular weight is 370 g/mol. The van der Waals surface area contributed by atoms with Crippen molar-refractivity contribution in [3.8, 4) is 0 Å². The Kier molecular flexibility index (Phi) is 5.33. The Hall–Kier alpha value is -2.00. The van der Waals surface area contributed by atoms with Gasteiger partial charge in [0.25, 0.3) is 5.91 Å². The minimum atomic E-state index is -4.52. The van der Waals surface area contributed by atoms with Crippen LogP contribution >= 0.6 is 11.3 Å². The van der Waals surface area contributed by atoms with Crippen LogP contribution in [0.2, 0.25) is 0 Å². The number of rotatable bonds is 4. The van der Waals surface area contributed by atoms with Crippen LogP contribution < -0.4 is 5.32 Å². The molecule has 0 unspecified atom stereocenters. The van der Waals surface area contributed by atoms with Crippen LogP contribution in [0.4, 0.5) is 18.3 Å². The zero-order valence-corrected chi connectivity index (χ0v) is 14.2. The molecule has 2 aromatic heterocycles. The topological polar surface area (TPSA) is 58.1 Å². The fourth-order valence-electron chi connectivity index (χ4n) is 2.65. The predicted molar refractivity (Wildman–Crippen MR) is 88.4 cm³/mol. The first-order valence-electron chi connectivity index (χ1n) is 7.93. The van der Waals surface area contributed by atoms with Crippen molar-refractivity contribution in [3.05, 3.63) is 40.7 Å². The first-order valence-corrected chi connectivity index (χ1v) is 8.81. The summed E-state index contributed by atoms with van der Waals surface area (Å²) in [6, 6.07) is 1.89. The van der Waals surface area contributed by atoms with E-state index in [1.165, 1.54) is 30.6 Å². The molecule has 0 spiro atoms. The van der Waals surface area contributed by atoms with Gasteiger partial charge in [-0.3, -0.25) is 20.0 Å². The standard InChI is InChI=1S/C16H17F3N4OS/c17-16(18,19)13-5-4-11(8-20-13)14(24)22-15-21-12(10-25-15)9-23-6-2-1-3-7-23/h4-5,8,10H,1-3,6-7,9H2,(H,21,22,24). The summed E-state index contributed by atoms with van der Waals surface area (Å²) in [6.45, 7) is 2.85. The Morgan fingerprint density at radius 3 is 2.64 bits per heavy atom. The summed E-state index contributed by atoms with van der Waals surface area (Å²) in [5.74, 6) is -0.528. The van der Waals surface area contributed by atoms with Crippen LogP contribution in [0.5, 0.6) is 0 Å². The van der Waals surface area contributed by atoms with Crippen molar-refractivity contribution in [2.75, 3.05) is 18.4 Å². The van der Waals surface area contributed by atoms with Crippen molar-refractivity contribution in [3.63, 3.8) is 0 Å². The molecular formula is C16H17F3N4OS. The lowest BCUT2D eigenvalue weighted by Gasteiger charge is -2.25. The van der Waals surface area contributed by atoms with Gasteiger partial charge in [0.05, 0.1) is 11.3 Å².